The Morgan fingerprint density at radius 3 is 2.43 bits per heavy atom. The van der Waals surface area contributed by atoms with Gasteiger partial charge in [-0.3, -0.25) is 9.48 Å². The highest BCUT2D eigenvalue weighted by atomic mass is 32.2. The van der Waals surface area contributed by atoms with E-state index in [-0.39, 0.29) is 23.5 Å². The van der Waals surface area contributed by atoms with Crippen LogP contribution in [0.2, 0.25) is 0 Å². The van der Waals surface area contributed by atoms with Crippen LogP contribution in [0.5, 0.6) is 0 Å². The lowest BCUT2D eigenvalue weighted by atomic mass is 9.72. The monoisotopic (exact) mass is 430 g/mol. The molecule has 2 aliphatic heterocycles. The Morgan fingerprint density at radius 2 is 1.83 bits per heavy atom. The van der Waals surface area contributed by atoms with Crippen molar-refractivity contribution in [3.63, 3.8) is 0 Å². The first-order chi connectivity index (χ1) is 14.2. The van der Waals surface area contributed by atoms with Crippen LogP contribution in [-0.4, -0.2) is 60.6 Å². The van der Waals surface area contributed by atoms with Gasteiger partial charge in [-0.15, -0.1) is 0 Å². The number of benzene rings is 1. The maximum Gasteiger partial charge on any atom is 0.235 e. The predicted molar refractivity (Wildman–Crippen MR) is 117 cm³/mol. The van der Waals surface area contributed by atoms with Gasteiger partial charge in [0.15, 0.2) is 9.84 Å². The molecule has 2 saturated heterocycles. The number of rotatable bonds is 4. The Labute approximate surface area is 178 Å². The van der Waals surface area contributed by atoms with E-state index in [1.807, 2.05) is 44.2 Å². The number of likely N-dealkylation sites (tertiary alicyclic amines) is 1. The summed E-state index contributed by atoms with van der Waals surface area (Å²) in [6, 6.07) is 9.85. The van der Waals surface area contributed by atoms with Crippen molar-refractivity contribution < 1.29 is 13.2 Å². The molecule has 1 N–H and O–H groups in total. The molecule has 0 bridgehead atoms. The standard InChI is InChI=1S/C22H30N4O3S/c1-16-20(17(2)26(24-16)19-9-14-30(28,29)15-19)23-21(27)22(10-12-25(3)13-11-22)18-7-5-4-6-8-18/h4-8,19H,9-15H2,1-3H3,(H,23,27). The minimum atomic E-state index is -3.01. The van der Waals surface area contributed by atoms with Gasteiger partial charge in [0.1, 0.15) is 0 Å². The summed E-state index contributed by atoms with van der Waals surface area (Å²) in [6.07, 6.45) is 2.08. The van der Waals surface area contributed by atoms with Gasteiger partial charge in [0.05, 0.1) is 40.0 Å². The number of nitrogens with one attached hydrogen (secondary N) is 1. The van der Waals surface area contributed by atoms with E-state index in [1.165, 1.54) is 0 Å². The van der Waals surface area contributed by atoms with E-state index in [2.05, 4.69) is 22.4 Å². The summed E-state index contributed by atoms with van der Waals surface area (Å²) in [6.45, 7) is 5.50. The zero-order valence-corrected chi connectivity index (χ0v) is 18.7. The van der Waals surface area contributed by atoms with Crippen molar-refractivity contribution in [2.45, 2.75) is 44.6 Å². The number of amides is 1. The van der Waals surface area contributed by atoms with Crippen molar-refractivity contribution in [2.75, 3.05) is 37.0 Å². The molecule has 1 amide bonds. The third-order valence-electron chi connectivity index (χ3n) is 6.72. The quantitative estimate of drug-likeness (QED) is 0.806. The maximum atomic E-state index is 13.7. The Bertz CT molecular complexity index is 1040. The normalized spacial score (nSPS) is 23.4. The number of nitrogens with zero attached hydrogens (tertiary/aromatic N) is 3. The average molecular weight is 431 g/mol. The number of hydrogen-bond donors (Lipinski definition) is 1. The average Bonchev–Trinajstić information content (AvgIpc) is 3.22. The number of sulfone groups is 1. The van der Waals surface area contributed by atoms with Gasteiger partial charge in [-0.2, -0.15) is 5.10 Å². The molecule has 4 rings (SSSR count). The number of hydrogen-bond acceptors (Lipinski definition) is 5. The summed E-state index contributed by atoms with van der Waals surface area (Å²) < 4.78 is 25.6. The van der Waals surface area contributed by atoms with Crippen LogP contribution in [0.1, 0.15) is 42.3 Å². The van der Waals surface area contributed by atoms with Gasteiger partial charge in [-0.05, 0) is 58.8 Å². The molecular weight excluding hydrogens is 400 g/mol. The summed E-state index contributed by atoms with van der Waals surface area (Å²) in [5.74, 6) is 0.303. The highest BCUT2D eigenvalue weighted by molar-refractivity contribution is 7.91. The highest BCUT2D eigenvalue weighted by Gasteiger charge is 2.43. The van der Waals surface area contributed by atoms with E-state index >= 15 is 0 Å². The third-order valence-corrected chi connectivity index (χ3v) is 8.47. The van der Waals surface area contributed by atoms with Crippen molar-refractivity contribution in [3.8, 4) is 0 Å². The molecule has 162 valence electrons. The topological polar surface area (TPSA) is 84.3 Å². The molecule has 8 heteroatoms. The molecule has 3 heterocycles. The van der Waals surface area contributed by atoms with Crippen LogP contribution in [0.3, 0.4) is 0 Å². The first-order valence-corrected chi connectivity index (χ1v) is 12.4. The van der Waals surface area contributed by atoms with Gasteiger partial charge >= 0.3 is 0 Å². The molecule has 2 aliphatic rings. The number of aryl methyl sites for hydroxylation is 1. The molecule has 7 nitrogen and oxygen atoms in total. The predicted octanol–water partition coefficient (Wildman–Crippen LogP) is 2.46. The van der Waals surface area contributed by atoms with E-state index in [4.69, 9.17) is 0 Å². The molecule has 1 aromatic carbocycles. The van der Waals surface area contributed by atoms with Crippen LogP contribution < -0.4 is 5.32 Å². The van der Waals surface area contributed by atoms with Crippen LogP contribution in [0.25, 0.3) is 0 Å². The van der Waals surface area contributed by atoms with Gasteiger partial charge in [-0.1, -0.05) is 30.3 Å². The summed E-state index contributed by atoms with van der Waals surface area (Å²) >= 11 is 0. The number of anilines is 1. The Kier molecular flexibility index (Phi) is 5.48. The number of aromatic nitrogens is 2. The summed E-state index contributed by atoms with van der Waals surface area (Å²) in [4.78, 5) is 15.9. The maximum absolute atomic E-state index is 13.7. The van der Waals surface area contributed by atoms with Crippen molar-refractivity contribution in [3.05, 3.63) is 47.3 Å². The smallest absolute Gasteiger partial charge is 0.235 e. The number of carbonyl (C=O) groups is 1. The van der Waals surface area contributed by atoms with Crippen LogP contribution >= 0.6 is 0 Å². The molecule has 1 unspecified atom stereocenters. The first-order valence-electron chi connectivity index (χ1n) is 10.5. The molecule has 30 heavy (non-hydrogen) atoms. The van der Waals surface area contributed by atoms with Crippen LogP contribution in [0.4, 0.5) is 5.69 Å². The lowest BCUT2D eigenvalue weighted by molar-refractivity contribution is -0.123. The van der Waals surface area contributed by atoms with Crippen LogP contribution in [-0.2, 0) is 20.0 Å². The van der Waals surface area contributed by atoms with Crippen molar-refractivity contribution in [2.24, 2.45) is 0 Å². The van der Waals surface area contributed by atoms with Gasteiger partial charge in [-0.25, -0.2) is 8.42 Å². The molecule has 0 aliphatic carbocycles. The zero-order valence-electron chi connectivity index (χ0n) is 17.9. The van der Waals surface area contributed by atoms with Gasteiger partial charge in [0.25, 0.3) is 0 Å². The second-order valence-electron chi connectivity index (χ2n) is 8.75. The minimum absolute atomic E-state index is 0.00778. The Morgan fingerprint density at radius 1 is 1.17 bits per heavy atom. The largest absolute Gasteiger partial charge is 0.322 e. The molecule has 1 aromatic heterocycles. The van der Waals surface area contributed by atoms with Gasteiger partial charge in [0.2, 0.25) is 5.91 Å². The third kappa shape index (κ3) is 3.78. The molecule has 0 saturated carbocycles. The fourth-order valence-corrected chi connectivity index (χ4v) is 6.50. The summed E-state index contributed by atoms with van der Waals surface area (Å²) in [5, 5.41) is 7.77. The minimum Gasteiger partial charge on any atom is -0.322 e. The molecular formula is C22H30N4O3S. The SMILES string of the molecule is Cc1nn(C2CCS(=O)(=O)C2)c(C)c1NC(=O)C1(c2ccccc2)CCN(C)CC1. The second-order valence-corrected chi connectivity index (χ2v) is 11.0. The molecule has 0 spiro atoms. The highest BCUT2D eigenvalue weighted by Crippen LogP contribution is 2.37. The number of carbonyl (C=O) groups excluding carboxylic acids is 1. The fraction of sp³-hybridized carbons (Fsp3) is 0.545. The zero-order chi connectivity index (χ0) is 21.5. The molecule has 0 radical (unpaired) electrons. The van der Waals surface area contributed by atoms with E-state index in [1.54, 1.807) is 4.68 Å². The second kappa shape index (κ2) is 7.81. The first kappa shape index (κ1) is 21.1. The molecule has 1 atom stereocenters. The van der Waals surface area contributed by atoms with E-state index in [9.17, 15) is 13.2 Å². The summed E-state index contributed by atoms with van der Waals surface area (Å²) in [7, 11) is -0.924. The fourth-order valence-electron chi connectivity index (χ4n) is 4.81. The van der Waals surface area contributed by atoms with Crippen molar-refractivity contribution >= 4 is 21.4 Å². The lowest BCUT2D eigenvalue weighted by Crippen LogP contribution is -2.48. The van der Waals surface area contributed by atoms with E-state index < -0.39 is 15.3 Å². The van der Waals surface area contributed by atoms with Gasteiger partial charge in [0, 0.05) is 0 Å². The summed E-state index contributed by atoms with van der Waals surface area (Å²) in [5.41, 5.74) is 2.71. The van der Waals surface area contributed by atoms with Crippen molar-refractivity contribution in [1.82, 2.24) is 14.7 Å². The Hall–Kier alpha value is -2.19. The van der Waals surface area contributed by atoms with Crippen LogP contribution in [0.15, 0.2) is 30.3 Å². The van der Waals surface area contributed by atoms with E-state index in [0.717, 1.165) is 42.9 Å². The van der Waals surface area contributed by atoms with Gasteiger partial charge < -0.3 is 10.2 Å². The molecule has 2 fully saturated rings. The lowest BCUT2D eigenvalue weighted by Gasteiger charge is -2.39. The Balaban J connectivity index is 1.64. The van der Waals surface area contributed by atoms with E-state index in [0.29, 0.717) is 12.1 Å². The molecule has 2 aromatic rings. The van der Waals surface area contributed by atoms with Crippen molar-refractivity contribution in [1.29, 1.82) is 0 Å². The van der Waals surface area contributed by atoms with Crippen LogP contribution in [0, 0.1) is 13.8 Å². The number of piperidine rings is 1.